The van der Waals surface area contributed by atoms with E-state index in [1.54, 1.807) is 25.1 Å². The van der Waals surface area contributed by atoms with E-state index in [-0.39, 0.29) is 17.3 Å². The first-order valence-corrected chi connectivity index (χ1v) is 12.4. The Morgan fingerprint density at radius 2 is 1.89 bits per heavy atom. The van der Waals surface area contributed by atoms with Crippen molar-refractivity contribution in [3.63, 3.8) is 0 Å². The largest absolute Gasteiger partial charge is 0.377 e. The highest BCUT2D eigenvalue weighted by Crippen LogP contribution is 2.24. The second kappa shape index (κ2) is 12.0. The maximum absolute atomic E-state index is 12.4. The van der Waals surface area contributed by atoms with Crippen LogP contribution in [-0.2, 0) is 17.9 Å². The van der Waals surface area contributed by atoms with Crippen molar-refractivity contribution >= 4 is 45.5 Å². The van der Waals surface area contributed by atoms with Crippen LogP contribution in [0.5, 0.6) is 0 Å². The normalized spacial score (nSPS) is 11.3. The fraction of sp³-hybridized carbons (Fsp3) is 0.154. The predicted molar refractivity (Wildman–Crippen MR) is 146 cm³/mol. The van der Waals surface area contributed by atoms with Crippen LogP contribution >= 0.6 is 11.8 Å². The van der Waals surface area contributed by atoms with E-state index < -0.39 is 4.92 Å². The van der Waals surface area contributed by atoms with Gasteiger partial charge in [-0.3, -0.25) is 14.9 Å². The molecule has 11 heteroatoms. The number of aromatic nitrogens is 3. The molecule has 0 spiro atoms. The number of hydrogen-bond donors (Lipinski definition) is 2. The Morgan fingerprint density at radius 3 is 2.65 bits per heavy atom. The van der Waals surface area contributed by atoms with Crippen LogP contribution in [0.15, 0.2) is 89.6 Å². The molecule has 0 aliphatic rings. The zero-order valence-corrected chi connectivity index (χ0v) is 20.9. The number of nitro groups is 1. The van der Waals surface area contributed by atoms with Crippen molar-refractivity contribution < 1.29 is 9.72 Å². The highest BCUT2D eigenvalue weighted by Gasteiger charge is 2.14. The maximum Gasteiger partial charge on any atom is 0.269 e. The molecule has 2 N–H and O–H groups in total. The number of fused-ring (bicyclic) bond motifs is 1. The van der Waals surface area contributed by atoms with E-state index in [1.165, 1.54) is 23.9 Å². The molecule has 1 heterocycles. The molecule has 1 aromatic heterocycles. The first-order valence-electron chi connectivity index (χ1n) is 11.4. The fourth-order valence-corrected chi connectivity index (χ4v) is 4.38. The monoisotopic (exact) mass is 515 g/mol. The lowest BCUT2D eigenvalue weighted by Crippen LogP contribution is -2.21. The minimum absolute atomic E-state index is 0.00712. The van der Waals surface area contributed by atoms with Crippen molar-refractivity contribution in [3.8, 4) is 0 Å². The van der Waals surface area contributed by atoms with Gasteiger partial charge in [-0.25, -0.2) is 5.43 Å². The quantitative estimate of drug-likeness (QED) is 0.0968. The number of benzene rings is 3. The van der Waals surface area contributed by atoms with Gasteiger partial charge >= 0.3 is 0 Å². The van der Waals surface area contributed by atoms with Crippen LogP contribution < -0.4 is 10.7 Å². The average Bonchev–Trinajstić information content (AvgIpc) is 3.30. The summed E-state index contributed by atoms with van der Waals surface area (Å²) in [5.41, 5.74) is 4.71. The molecule has 10 nitrogen and oxygen atoms in total. The van der Waals surface area contributed by atoms with Crippen molar-refractivity contribution in [1.82, 2.24) is 20.2 Å². The van der Waals surface area contributed by atoms with Gasteiger partial charge in [0.25, 0.3) is 11.6 Å². The van der Waals surface area contributed by atoms with Gasteiger partial charge in [0.2, 0.25) is 0 Å². The summed E-state index contributed by atoms with van der Waals surface area (Å²) in [6.07, 6.45) is 1.76. The van der Waals surface area contributed by atoms with Gasteiger partial charge in [0.1, 0.15) is 0 Å². The van der Waals surface area contributed by atoms with Crippen LogP contribution in [0.3, 0.4) is 0 Å². The third-order valence-corrected chi connectivity index (χ3v) is 6.48. The maximum atomic E-state index is 12.4. The lowest BCUT2D eigenvalue weighted by molar-refractivity contribution is -0.384. The minimum Gasteiger partial charge on any atom is -0.377 e. The summed E-state index contributed by atoms with van der Waals surface area (Å²) in [5, 5.41) is 29.8. The zero-order valence-electron chi connectivity index (χ0n) is 20.1. The Bertz CT molecular complexity index is 1460. The van der Waals surface area contributed by atoms with Gasteiger partial charge in [-0.2, -0.15) is 5.10 Å². The Morgan fingerprint density at radius 1 is 1.14 bits per heavy atom. The van der Waals surface area contributed by atoms with Crippen LogP contribution in [0.1, 0.15) is 18.3 Å². The summed E-state index contributed by atoms with van der Waals surface area (Å²) in [5.74, 6) is 0.501. The molecule has 0 aliphatic heterocycles. The van der Waals surface area contributed by atoms with Crippen LogP contribution in [0.2, 0.25) is 0 Å². The second-order valence-corrected chi connectivity index (χ2v) is 8.95. The van der Waals surface area contributed by atoms with E-state index in [4.69, 9.17) is 0 Å². The zero-order chi connectivity index (χ0) is 26.2. The van der Waals surface area contributed by atoms with E-state index in [1.807, 2.05) is 28.8 Å². The van der Waals surface area contributed by atoms with Gasteiger partial charge in [-0.15, -0.1) is 16.8 Å². The minimum atomic E-state index is -0.467. The number of thioether (sulfide) groups is 1. The third-order valence-electron chi connectivity index (χ3n) is 5.51. The van der Waals surface area contributed by atoms with E-state index >= 15 is 0 Å². The molecule has 0 bridgehead atoms. The number of carbonyl (C=O) groups is 1. The molecule has 0 fully saturated rings. The van der Waals surface area contributed by atoms with Crippen molar-refractivity contribution in [2.24, 2.45) is 5.10 Å². The van der Waals surface area contributed by atoms with Gasteiger partial charge in [0, 0.05) is 29.8 Å². The Kier molecular flexibility index (Phi) is 8.26. The molecule has 0 atom stereocenters. The number of allylic oxidation sites excluding steroid dienone is 1. The molecular weight excluding hydrogens is 490 g/mol. The van der Waals surface area contributed by atoms with Crippen LogP contribution in [0.25, 0.3) is 10.8 Å². The number of rotatable bonds is 11. The Hall–Kier alpha value is -4.51. The summed E-state index contributed by atoms with van der Waals surface area (Å²) < 4.78 is 1.91. The van der Waals surface area contributed by atoms with E-state index in [9.17, 15) is 14.9 Å². The molecule has 1 amide bonds. The first-order chi connectivity index (χ1) is 18.0. The van der Waals surface area contributed by atoms with Crippen molar-refractivity contribution in [1.29, 1.82) is 0 Å². The molecular formula is C26H25N7O3S. The Balaban J connectivity index is 1.37. The van der Waals surface area contributed by atoms with Crippen LogP contribution in [0.4, 0.5) is 11.4 Å². The molecule has 0 radical (unpaired) electrons. The number of nitro benzene ring substituents is 1. The van der Waals surface area contributed by atoms with Gasteiger partial charge in [-0.05, 0) is 36.1 Å². The standard InChI is InChI=1S/C26H25N7O3S/c1-3-15-32-24(16-27-23-10-6-8-20-7-4-5-9-22(20)23)29-31-26(32)37-17-25(34)30-28-18(2)19-11-13-21(14-12-19)33(35)36/h3-14,27H,1,15-17H2,2H3,(H,30,34)/b28-18+. The summed E-state index contributed by atoms with van der Waals surface area (Å²) in [4.78, 5) is 22.7. The number of nitrogens with zero attached hydrogens (tertiary/aromatic N) is 5. The lowest BCUT2D eigenvalue weighted by Gasteiger charge is -2.11. The van der Waals surface area contributed by atoms with E-state index in [2.05, 4.69) is 50.8 Å². The number of nitrogens with one attached hydrogen (secondary N) is 2. The molecule has 4 aromatic rings. The number of amides is 1. The number of anilines is 1. The fourth-order valence-electron chi connectivity index (χ4n) is 3.62. The molecule has 0 saturated carbocycles. The number of hydrogen-bond acceptors (Lipinski definition) is 8. The highest BCUT2D eigenvalue weighted by atomic mass is 32.2. The van der Waals surface area contributed by atoms with Gasteiger partial charge < -0.3 is 9.88 Å². The van der Waals surface area contributed by atoms with Crippen molar-refractivity contribution in [2.45, 2.75) is 25.2 Å². The summed E-state index contributed by atoms with van der Waals surface area (Å²) >= 11 is 1.25. The molecule has 188 valence electrons. The van der Waals surface area contributed by atoms with Crippen LogP contribution in [-0.4, -0.2) is 37.1 Å². The SMILES string of the molecule is C=CCn1c(CNc2cccc3ccccc23)nnc1SCC(=O)N/N=C(\C)c1ccc([N+](=O)[O-])cc1. The molecule has 0 saturated heterocycles. The van der Waals surface area contributed by atoms with E-state index in [0.717, 1.165) is 22.3 Å². The molecule has 0 aliphatic carbocycles. The number of non-ortho nitro benzene ring substituents is 1. The second-order valence-electron chi connectivity index (χ2n) is 8.00. The van der Waals surface area contributed by atoms with Gasteiger partial charge in [-0.1, -0.05) is 54.2 Å². The number of hydrazone groups is 1. The van der Waals surface area contributed by atoms with Crippen LogP contribution in [0, 0.1) is 10.1 Å². The van der Waals surface area contributed by atoms with Crippen molar-refractivity contribution in [3.05, 3.63) is 101 Å². The van der Waals surface area contributed by atoms with Crippen molar-refractivity contribution in [2.75, 3.05) is 11.1 Å². The van der Waals surface area contributed by atoms with Gasteiger partial charge in [0.15, 0.2) is 11.0 Å². The molecule has 37 heavy (non-hydrogen) atoms. The predicted octanol–water partition coefficient (Wildman–Crippen LogP) is 4.77. The topological polar surface area (TPSA) is 127 Å². The molecule has 3 aromatic carbocycles. The highest BCUT2D eigenvalue weighted by molar-refractivity contribution is 7.99. The summed E-state index contributed by atoms with van der Waals surface area (Å²) in [6, 6.07) is 20.2. The van der Waals surface area contributed by atoms with E-state index in [0.29, 0.717) is 29.5 Å². The third kappa shape index (κ3) is 6.39. The average molecular weight is 516 g/mol. The number of carbonyl (C=O) groups excluding carboxylic acids is 1. The molecule has 0 unspecified atom stereocenters. The summed E-state index contributed by atoms with van der Waals surface area (Å²) in [6.45, 7) is 6.50. The Labute approximate surface area is 217 Å². The first kappa shape index (κ1) is 25.6. The smallest absolute Gasteiger partial charge is 0.269 e. The molecule has 4 rings (SSSR count). The van der Waals surface area contributed by atoms with Gasteiger partial charge in [0.05, 0.1) is 22.9 Å². The lowest BCUT2D eigenvalue weighted by atomic mass is 10.1. The summed E-state index contributed by atoms with van der Waals surface area (Å²) in [7, 11) is 0.